The molecular weight excluding hydrogens is 441 g/mol. The van der Waals surface area contributed by atoms with Crippen molar-refractivity contribution in [2.45, 2.75) is 35.9 Å². The molecule has 3 rings (SSSR count). The lowest BCUT2D eigenvalue weighted by atomic mass is 9.99. The first kappa shape index (κ1) is 22.5. The van der Waals surface area contributed by atoms with Crippen LogP contribution in [0.2, 0.25) is 0 Å². The molecule has 12 heteroatoms. The van der Waals surface area contributed by atoms with E-state index in [1.54, 1.807) is 23.3 Å². The summed E-state index contributed by atoms with van der Waals surface area (Å²) >= 11 is 1.12. The second kappa shape index (κ2) is 8.14. The van der Waals surface area contributed by atoms with Crippen molar-refractivity contribution in [3.8, 4) is 11.8 Å². The van der Waals surface area contributed by atoms with E-state index in [1.807, 2.05) is 0 Å². The van der Waals surface area contributed by atoms with Gasteiger partial charge in [-0.1, -0.05) is 12.0 Å². The average molecular weight is 461 g/mol. The molecule has 0 spiro atoms. The molecule has 0 radical (unpaired) electrons. The summed E-state index contributed by atoms with van der Waals surface area (Å²) in [4.78, 5) is 9.59. The van der Waals surface area contributed by atoms with Crippen LogP contribution in [0.4, 0.5) is 19.1 Å². The summed E-state index contributed by atoms with van der Waals surface area (Å²) in [7, 11) is -3.66. The van der Waals surface area contributed by atoms with Crippen molar-refractivity contribution in [3.05, 3.63) is 35.5 Å². The Hall–Kier alpha value is -2.20. The van der Waals surface area contributed by atoms with Gasteiger partial charge in [0.25, 0.3) is 10.0 Å². The third-order valence-electron chi connectivity index (χ3n) is 4.75. The fourth-order valence-electron chi connectivity index (χ4n) is 2.93. The van der Waals surface area contributed by atoms with Gasteiger partial charge < -0.3 is 10.0 Å². The van der Waals surface area contributed by atoms with E-state index in [0.29, 0.717) is 6.92 Å². The second-order valence-electron chi connectivity index (χ2n) is 6.74. The summed E-state index contributed by atoms with van der Waals surface area (Å²) < 4.78 is 66.2. The van der Waals surface area contributed by atoms with Gasteiger partial charge in [-0.3, -0.25) is 0 Å². The summed E-state index contributed by atoms with van der Waals surface area (Å²) in [5.41, 5.74) is -3.57. The molecule has 1 aliphatic heterocycles. The third-order valence-corrected chi connectivity index (χ3v) is 7.99. The molecule has 30 heavy (non-hydrogen) atoms. The number of thiophene rings is 1. The lowest BCUT2D eigenvalue weighted by Gasteiger charge is -2.38. The Balaban J connectivity index is 1.84. The molecule has 2 atom stereocenters. The van der Waals surface area contributed by atoms with Crippen molar-refractivity contribution >= 4 is 27.3 Å². The highest BCUT2D eigenvalue weighted by Crippen LogP contribution is 2.38. The van der Waals surface area contributed by atoms with Gasteiger partial charge in [0.05, 0.1) is 0 Å². The molecule has 0 amide bonds. The maximum Gasteiger partial charge on any atom is 0.421 e. The number of hydrogen-bond donors (Lipinski definition) is 1. The Bertz CT molecular complexity index is 1040. The minimum Gasteiger partial charge on any atom is -0.376 e. The zero-order valence-electron chi connectivity index (χ0n) is 16.1. The molecule has 0 aliphatic carbocycles. The molecule has 1 aliphatic rings. The lowest BCUT2D eigenvalue weighted by molar-refractivity contribution is -0.259. The van der Waals surface area contributed by atoms with Crippen molar-refractivity contribution in [1.82, 2.24) is 14.3 Å². The first-order valence-corrected chi connectivity index (χ1v) is 11.1. The number of rotatable bonds is 4. The number of sulfonamides is 1. The van der Waals surface area contributed by atoms with Crippen molar-refractivity contribution in [1.29, 1.82) is 0 Å². The molecule has 0 aromatic carbocycles. The van der Waals surface area contributed by atoms with E-state index in [4.69, 9.17) is 0 Å². The molecule has 7 nitrogen and oxygen atoms in total. The number of aliphatic hydroxyl groups is 1. The van der Waals surface area contributed by atoms with Crippen LogP contribution in [0.15, 0.2) is 34.1 Å². The zero-order valence-corrected chi connectivity index (χ0v) is 17.7. The average Bonchev–Trinajstić information content (AvgIpc) is 3.23. The Labute approximate surface area is 176 Å². The van der Waals surface area contributed by atoms with E-state index in [2.05, 4.69) is 21.8 Å². The zero-order chi connectivity index (χ0) is 22.2. The van der Waals surface area contributed by atoms with Gasteiger partial charge in [-0.05, 0) is 25.3 Å². The lowest BCUT2D eigenvalue weighted by Crippen LogP contribution is -2.54. The summed E-state index contributed by atoms with van der Waals surface area (Å²) in [6.45, 7) is 2.65. The number of piperazine rings is 1. The molecule has 2 aromatic heterocycles. The van der Waals surface area contributed by atoms with Gasteiger partial charge in [0.2, 0.25) is 5.95 Å². The number of nitrogens with zero attached hydrogens (tertiary/aromatic N) is 4. The summed E-state index contributed by atoms with van der Waals surface area (Å²) in [6.07, 6.45) is -3.04. The quantitative estimate of drug-likeness (QED) is 0.705. The maximum absolute atomic E-state index is 13.0. The van der Waals surface area contributed by atoms with Crippen molar-refractivity contribution in [3.63, 3.8) is 0 Å². The van der Waals surface area contributed by atoms with E-state index in [9.17, 15) is 26.7 Å². The fourth-order valence-corrected chi connectivity index (χ4v) is 5.51. The summed E-state index contributed by atoms with van der Waals surface area (Å²) in [6, 6.07) is 2.61. The molecule has 3 heterocycles. The van der Waals surface area contributed by atoms with Crippen molar-refractivity contribution in [2.75, 3.05) is 24.5 Å². The monoisotopic (exact) mass is 460 g/mol. The van der Waals surface area contributed by atoms with E-state index >= 15 is 0 Å². The van der Waals surface area contributed by atoms with Gasteiger partial charge in [-0.25, -0.2) is 18.4 Å². The van der Waals surface area contributed by atoms with Gasteiger partial charge in [0.1, 0.15) is 10.3 Å². The number of hydrogen-bond acceptors (Lipinski definition) is 7. The number of anilines is 1. The third kappa shape index (κ3) is 4.15. The van der Waals surface area contributed by atoms with Crippen molar-refractivity contribution in [2.24, 2.45) is 0 Å². The van der Waals surface area contributed by atoms with Crippen LogP contribution < -0.4 is 4.90 Å². The maximum atomic E-state index is 13.0. The number of alkyl halides is 3. The molecule has 0 bridgehead atoms. The smallest absolute Gasteiger partial charge is 0.376 e. The molecule has 0 saturated carbocycles. The minimum atomic E-state index is -4.88. The van der Waals surface area contributed by atoms with Crippen LogP contribution in [-0.2, 0) is 15.6 Å². The summed E-state index contributed by atoms with van der Waals surface area (Å²) in [5, 5.41) is 11.4. The molecule has 1 N–H and O–H groups in total. The van der Waals surface area contributed by atoms with Crippen LogP contribution >= 0.6 is 11.3 Å². The van der Waals surface area contributed by atoms with E-state index in [-0.39, 0.29) is 29.8 Å². The van der Waals surface area contributed by atoms with Crippen LogP contribution in [0, 0.1) is 11.8 Å². The predicted molar refractivity (Wildman–Crippen MR) is 105 cm³/mol. The molecular formula is C18H19F3N4O3S2. The van der Waals surface area contributed by atoms with Crippen LogP contribution in [0.3, 0.4) is 0 Å². The van der Waals surface area contributed by atoms with Crippen LogP contribution in [0.25, 0.3) is 0 Å². The Morgan fingerprint density at radius 1 is 1.27 bits per heavy atom. The number of halogens is 3. The Kier molecular flexibility index (Phi) is 6.10. The van der Waals surface area contributed by atoms with Gasteiger partial charge in [0.15, 0.2) is 5.60 Å². The van der Waals surface area contributed by atoms with Gasteiger partial charge in [0, 0.05) is 37.6 Å². The molecule has 162 valence electrons. The summed E-state index contributed by atoms with van der Waals surface area (Å²) in [5.74, 6) is 5.77. The first-order valence-electron chi connectivity index (χ1n) is 8.82. The van der Waals surface area contributed by atoms with E-state index in [0.717, 1.165) is 23.7 Å². The first-order chi connectivity index (χ1) is 14.0. The predicted octanol–water partition coefficient (Wildman–Crippen LogP) is 2.21. The van der Waals surface area contributed by atoms with Crippen LogP contribution in [-0.4, -0.2) is 59.6 Å². The molecule has 1 saturated heterocycles. The highest BCUT2D eigenvalue weighted by molar-refractivity contribution is 7.91. The van der Waals surface area contributed by atoms with Gasteiger partial charge in [-0.15, -0.1) is 17.3 Å². The van der Waals surface area contributed by atoms with Gasteiger partial charge in [-0.2, -0.15) is 17.5 Å². The van der Waals surface area contributed by atoms with Gasteiger partial charge >= 0.3 is 6.18 Å². The Morgan fingerprint density at radius 2 is 1.93 bits per heavy atom. The fraction of sp³-hybridized carbons (Fsp3) is 0.444. The van der Waals surface area contributed by atoms with E-state index < -0.39 is 33.4 Å². The normalized spacial score (nSPS) is 20.3. The largest absolute Gasteiger partial charge is 0.421 e. The standard InChI is InChI=1S/C18H19F3N4O3S2/c1-3-5-14-12-24(30(27,28)15-6-4-9-29-15)7-8-25(14)16-22-10-13(11-23-16)17(2,26)18(19,20)21/h4,6,9-11,14,26H,7-8,12H2,1-2H3/t14-,17-/m1/s1. The van der Waals surface area contributed by atoms with E-state index in [1.165, 1.54) is 10.4 Å². The topological polar surface area (TPSA) is 86.6 Å². The van der Waals surface area contributed by atoms with Crippen molar-refractivity contribution < 1.29 is 26.7 Å². The highest BCUT2D eigenvalue weighted by Gasteiger charge is 2.51. The minimum absolute atomic E-state index is 0.0620. The second-order valence-corrected chi connectivity index (χ2v) is 9.85. The molecule has 2 aromatic rings. The SMILES string of the molecule is CC#C[C@@H]1CN(S(=O)(=O)c2cccs2)CCN1c1ncc([C@@](C)(O)C(F)(F)F)cn1. The number of aromatic nitrogens is 2. The highest BCUT2D eigenvalue weighted by atomic mass is 32.2. The van der Waals surface area contributed by atoms with Crippen LogP contribution in [0.5, 0.6) is 0 Å². The molecule has 0 unspecified atom stereocenters. The Morgan fingerprint density at radius 3 is 2.47 bits per heavy atom. The molecule has 1 fully saturated rings. The van der Waals surface area contributed by atoms with Crippen LogP contribution in [0.1, 0.15) is 19.4 Å².